The van der Waals surface area contributed by atoms with Crippen LogP contribution >= 0.6 is 0 Å². The maximum absolute atomic E-state index is 12.0. The van der Waals surface area contributed by atoms with E-state index in [2.05, 4.69) is 5.92 Å². The van der Waals surface area contributed by atoms with Crippen molar-refractivity contribution in [2.45, 2.75) is 0 Å². The Morgan fingerprint density at radius 1 is 1.56 bits per heavy atom. The molecule has 0 bridgehead atoms. The van der Waals surface area contributed by atoms with E-state index >= 15 is 0 Å². The third-order valence-corrected chi connectivity index (χ3v) is 2.25. The van der Waals surface area contributed by atoms with Crippen LogP contribution in [0.25, 0.3) is 0 Å². The van der Waals surface area contributed by atoms with Crippen LogP contribution in [0.1, 0.15) is 10.4 Å². The minimum atomic E-state index is -1.16. The molecule has 1 heterocycles. The lowest BCUT2D eigenvalue weighted by molar-refractivity contribution is -0.137. The van der Waals surface area contributed by atoms with E-state index in [1.165, 1.54) is 16.8 Å². The molecule has 0 aliphatic rings. The summed E-state index contributed by atoms with van der Waals surface area (Å²) in [4.78, 5) is 34.9. The molecule has 1 rings (SSSR count). The summed E-state index contributed by atoms with van der Waals surface area (Å²) in [6.45, 7) is -0.626. The molecule has 1 aromatic rings. The van der Waals surface area contributed by atoms with E-state index in [0.717, 1.165) is 11.0 Å². The topological polar surface area (TPSA) is 79.6 Å². The first-order valence-corrected chi connectivity index (χ1v) is 5.07. The summed E-state index contributed by atoms with van der Waals surface area (Å²) in [6, 6.07) is 2.59. The number of aliphatic carboxylic acids is 1. The second-order valence-corrected chi connectivity index (χ2v) is 3.62. The smallest absolute Gasteiger partial charge is 0.323 e. The van der Waals surface area contributed by atoms with Gasteiger partial charge >= 0.3 is 5.97 Å². The van der Waals surface area contributed by atoms with Gasteiger partial charge in [-0.3, -0.25) is 14.4 Å². The van der Waals surface area contributed by atoms with Crippen molar-refractivity contribution in [3.05, 3.63) is 34.2 Å². The highest BCUT2D eigenvalue weighted by molar-refractivity contribution is 5.95. The predicted molar refractivity (Wildman–Crippen MR) is 64.1 cm³/mol. The molecule has 0 aliphatic carbocycles. The minimum Gasteiger partial charge on any atom is -0.480 e. The Hall–Kier alpha value is -2.55. The fourth-order valence-electron chi connectivity index (χ4n) is 1.34. The van der Waals surface area contributed by atoms with Crippen LogP contribution < -0.4 is 5.56 Å². The largest absolute Gasteiger partial charge is 0.480 e. The Kier molecular flexibility index (Phi) is 4.27. The molecule has 0 saturated heterocycles. The van der Waals surface area contributed by atoms with Crippen LogP contribution in [0.4, 0.5) is 0 Å². The van der Waals surface area contributed by atoms with Crippen molar-refractivity contribution in [3.63, 3.8) is 0 Å². The number of pyridine rings is 1. The molecule has 0 fully saturated rings. The monoisotopic (exact) mass is 248 g/mol. The zero-order valence-corrected chi connectivity index (χ0v) is 9.79. The van der Waals surface area contributed by atoms with Gasteiger partial charge in [0.1, 0.15) is 6.54 Å². The number of carbonyl (C=O) groups is 2. The van der Waals surface area contributed by atoms with E-state index in [4.69, 9.17) is 11.5 Å². The van der Waals surface area contributed by atoms with Crippen molar-refractivity contribution in [3.8, 4) is 12.3 Å². The molecule has 0 radical (unpaired) electrons. The Morgan fingerprint density at radius 2 is 2.22 bits per heavy atom. The average molecular weight is 248 g/mol. The SMILES string of the molecule is C#CCN(CC(=O)O)C(=O)c1ccn(C)c(=O)c1. The fraction of sp³-hybridized carbons (Fsp3) is 0.250. The fourth-order valence-corrected chi connectivity index (χ4v) is 1.34. The van der Waals surface area contributed by atoms with Gasteiger partial charge in [-0.2, -0.15) is 0 Å². The molecule has 1 N–H and O–H groups in total. The molecule has 0 spiro atoms. The molecule has 0 unspecified atom stereocenters. The van der Waals surface area contributed by atoms with Gasteiger partial charge in [0.25, 0.3) is 11.5 Å². The number of carbonyl (C=O) groups excluding carboxylic acids is 1. The molecule has 0 saturated carbocycles. The number of carboxylic acids is 1. The number of rotatable bonds is 4. The van der Waals surface area contributed by atoms with E-state index in [0.29, 0.717) is 0 Å². The number of carboxylic acid groups (broad SMARTS) is 1. The summed E-state index contributed by atoms with van der Waals surface area (Å²) in [5.74, 6) is 0.468. The van der Waals surface area contributed by atoms with Crippen LogP contribution in [0.15, 0.2) is 23.1 Å². The number of nitrogens with zero attached hydrogens (tertiary/aromatic N) is 2. The van der Waals surface area contributed by atoms with Gasteiger partial charge in [0.2, 0.25) is 0 Å². The molecule has 1 amide bonds. The number of aromatic nitrogens is 1. The van der Waals surface area contributed by atoms with Gasteiger partial charge in [-0.15, -0.1) is 6.42 Å². The number of hydrogen-bond acceptors (Lipinski definition) is 3. The lowest BCUT2D eigenvalue weighted by atomic mass is 10.2. The summed E-state index contributed by atoms with van der Waals surface area (Å²) >= 11 is 0. The quantitative estimate of drug-likeness (QED) is 0.731. The maximum atomic E-state index is 12.0. The Bertz CT molecular complexity index is 568. The highest BCUT2D eigenvalue weighted by Gasteiger charge is 2.18. The Balaban J connectivity index is 3.02. The van der Waals surface area contributed by atoms with E-state index < -0.39 is 18.4 Å². The highest BCUT2D eigenvalue weighted by Crippen LogP contribution is 2.02. The standard InChI is InChI=1S/C12H12N2O4/c1-3-5-14(8-11(16)17)12(18)9-4-6-13(2)10(15)7-9/h1,4,6-7H,5,8H2,2H3,(H,16,17). The summed E-state index contributed by atoms with van der Waals surface area (Å²) in [5.41, 5.74) is -0.230. The van der Waals surface area contributed by atoms with Crippen molar-refractivity contribution in [1.29, 1.82) is 0 Å². The highest BCUT2D eigenvalue weighted by atomic mass is 16.4. The molecule has 0 aromatic carbocycles. The van der Waals surface area contributed by atoms with E-state index in [9.17, 15) is 14.4 Å². The number of amides is 1. The van der Waals surface area contributed by atoms with Crippen LogP contribution in [0.2, 0.25) is 0 Å². The number of hydrogen-bond donors (Lipinski definition) is 1. The third kappa shape index (κ3) is 3.22. The zero-order valence-electron chi connectivity index (χ0n) is 9.79. The Morgan fingerprint density at radius 3 is 2.72 bits per heavy atom. The molecular weight excluding hydrogens is 236 g/mol. The molecule has 6 heteroatoms. The van der Waals surface area contributed by atoms with Crippen LogP contribution in [-0.2, 0) is 11.8 Å². The second kappa shape index (κ2) is 5.68. The zero-order chi connectivity index (χ0) is 13.7. The van der Waals surface area contributed by atoms with Gasteiger partial charge < -0.3 is 14.6 Å². The van der Waals surface area contributed by atoms with E-state index in [1.807, 2.05) is 0 Å². The molecule has 0 atom stereocenters. The van der Waals surface area contributed by atoms with Crippen LogP contribution in [-0.4, -0.2) is 39.5 Å². The van der Waals surface area contributed by atoms with Crippen molar-refractivity contribution >= 4 is 11.9 Å². The van der Waals surface area contributed by atoms with Crippen LogP contribution in [0, 0.1) is 12.3 Å². The van der Waals surface area contributed by atoms with Crippen LogP contribution in [0.3, 0.4) is 0 Å². The average Bonchev–Trinajstić information content (AvgIpc) is 2.31. The minimum absolute atomic E-state index is 0.120. The number of aryl methyl sites for hydroxylation is 1. The molecule has 94 valence electrons. The molecule has 1 aromatic heterocycles. The first-order valence-electron chi connectivity index (χ1n) is 5.07. The van der Waals surface area contributed by atoms with Gasteiger partial charge in [-0.25, -0.2) is 0 Å². The first kappa shape index (κ1) is 13.5. The third-order valence-electron chi connectivity index (χ3n) is 2.25. The first-order chi connectivity index (χ1) is 8.45. The second-order valence-electron chi connectivity index (χ2n) is 3.62. The summed E-state index contributed by atoms with van der Waals surface area (Å²) < 4.78 is 1.31. The van der Waals surface area contributed by atoms with Gasteiger partial charge in [-0.1, -0.05) is 5.92 Å². The van der Waals surface area contributed by atoms with Gasteiger partial charge in [0.05, 0.1) is 6.54 Å². The van der Waals surface area contributed by atoms with Gasteiger partial charge in [-0.05, 0) is 6.07 Å². The summed E-state index contributed by atoms with van der Waals surface area (Å²) in [6.07, 6.45) is 6.51. The van der Waals surface area contributed by atoms with Crippen molar-refractivity contribution < 1.29 is 14.7 Å². The molecule has 18 heavy (non-hydrogen) atoms. The van der Waals surface area contributed by atoms with E-state index in [1.54, 1.807) is 7.05 Å². The molecular formula is C12H12N2O4. The van der Waals surface area contributed by atoms with E-state index in [-0.39, 0.29) is 17.7 Å². The van der Waals surface area contributed by atoms with Crippen molar-refractivity contribution in [2.75, 3.05) is 13.1 Å². The van der Waals surface area contributed by atoms with Gasteiger partial charge in [0, 0.05) is 24.9 Å². The number of terminal acetylenes is 1. The van der Waals surface area contributed by atoms with Crippen molar-refractivity contribution in [2.24, 2.45) is 7.05 Å². The van der Waals surface area contributed by atoms with Crippen molar-refractivity contribution in [1.82, 2.24) is 9.47 Å². The summed E-state index contributed by atoms with van der Waals surface area (Å²) in [5, 5.41) is 8.68. The molecule has 6 nitrogen and oxygen atoms in total. The normalized spacial score (nSPS) is 9.56. The lowest BCUT2D eigenvalue weighted by Crippen LogP contribution is -2.36. The maximum Gasteiger partial charge on any atom is 0.323 e. The summed E-state index contributed by atoms with van der Waals surface area (Å²) in [7, 11) is 1.55. The Labute approximate surface area is 103 Å². The van der Waals surface area contributed by atoms with Gasteiger partial charge in [0.15, 0.2) is 0 Å². The predicted octanol–water partition coefficient (Wildman–Crippen LogP) is -0.455. The molecule has 0 aliphatic heterocycles. The van der Waals surface area contributed by atoms with Crippen LogP contribution in [0.5, 0.6) is 0 Å². The lowest BCUT2D eigenvalue weighted by Gasteiger charge is -2.17.